The van der Waals surface area contributed by atoms with Crippen LogP contribution >= 0.6 is 0 Å². The number of aromatic nitrogens is 1. The highest BCUT2D eigenvalue weighted by molar-refractivity contribution is 5.86. The third kappa shape index (κ3) is 2.07. The molecule has 1 aromatic heterocycles. The van der Waals surface area contributed by atoms with E-state index in [2.05, 4.69) is 4.98 Å². The number of carboxylic acids is 1. The van der Waals surface area contributed by atoms with Crippen LogP contribution in [0.2, 0.25) is 0 Å². The number of carbonyl (C=O) groups is 1. The summed E-state index contributed by atoms with van der Waals surface area (Å²) in [5, 5.41) is 18.7. The van der Waals surface area contributed by atoms with E-state index < -0.39 is 40.2 Å². The summed E-state index contributed by atoms with van der Waals surface area (Å²) >= 11 is 0. The van der Waals surface area contributed by atoms with Gasteiger partial charge in [0.05, 0.1) is 4.92 Å². The number of alkyl halides is 2. The van der Waals surface area contributed by atoms with Crippen molar-refractivity contribution >= 4 is 11.7 Å². The molecule has 0 saturated carbocycles. The summed E-state index contributed by atoms with van der Waals surface area (Å²) in [4.78, 5) is 22.2. The number of hydrogen-bond donors (Lipinski definition) is 1. The number of nitrogens with zero attached hydrogens (tertiary/aromatic N) is 2. The minimum atomic E-state index is -3.22. The van der Waals surface area contributed by atoms with E-state index in [9.17, 15) is 28.1 Å². The van der Waals surface area contributed by atoms with Crippen LogP contribution in [0.3, 0.4) is 0 Å². The zero-order valence-electron chi connectivity index (χ0n) is 7.35. The third-order valence-corrected chi connectivity index (χ3v) is 1.58. The van der Waals surface area contributed by atoms with E-state index >= 15 is 0 Å². The van der Waals surface area contributed by atoms with Crippen molar-refractivity contribution in [1.29, 1.82) is 0 Å². The summed E-state index contributed by atoms with van der Waals surface area (Å²) < 4.78 is 37.5. The van der Waals surface area contributed by atoms with Crippen LogP contribution in [-0.4, -0.2) is 21.0 Å². The van der Waals surface area contributed by atoms with Crippen LogP contribution < -0.4 is 0 Å². The van der Waals surface area contributed by atoms with E-state index in [4.69, 9.17) is 5.11 Å². The normalized spacial score (nSPS) is 10.5. The minimum absolute atomic E-state index is 0.201. The smallest absolute Gasteiger partial charge is 0.357 e. The zero-order valence-corrected chi connectivity index (χ0v) is 7.35. The van der Waals surface area contributed by atoms with E-state index in [1.807, 2.05) is 0 Å². The SMILES string of the molecule is O=C(O)c1nc(C(F)F)cc([N+](=O)[O-])c1F. The highest BCUT2D eigenvalue weighted by atomic mass is 19.3. The second kappa shape index (κ2) is 4.13. The van der Waals surface area contributed by atoms with Crippen LogP contribution in [-0.2, 0) is 0 Å². The van der Waals surface area contributed by atoms with Crippen molar-refractivity contribution in [3.8, 4) is 0 Å². The van der Waals surface area contributed by atoms with Gasteiger partial charge < -0.3 is 5.11 Å². The molecule has 0 aliphatic rings. The first-order valence-electron chi connectivity index (χ1n) is 3.71. The Bertz CT molecular complexity index is 428. The molecule has 1 aromatic rings. The quantitative estimate of drug-likeness (QED) is 0.637. The Kier molecular flexibility index (Phi) is 3.06. The predicted octanol–water partition coefficient (Wildman–Crippen LogP) is 1.76. The Balaban J connectivity index is 3.51. The first-order chi connectivity index (χ1) is 7.34. The number of rotatable bonds is 3. The van der Waals surface area contributed by atoms with Gasteiger partial charge in [0, 0.05) is 6.07 Å². The topological polar surface area (TPSA) is 93.3 Å². The van der Waals surface area contributed by atoms with Gasteiger partial charge in [0.15, 0.2) is 5.69 Å². The number of hydrogen-bond acceptors (Lipinski definition) is 4. The van der Waals surface area contributed by atoms with Crippen molar-refractivity contribution in [3.63, 3.8) is 0 Å². The average molecular weight is 236 g/mol. The summed E-state index contributed by atoms with van der Waals surface area (Å²) in [5.41, 5.74) is -3.90. The molecule has 0 radical (unpaired) electrons. The van der Waals surface area contributed by atoms with E-state index in [1.165, 1.54) is 0 Å². The molecule has 1 heterocycles. The lowest BCUT2D eigenvalue weighted by atomic mass is 10.2. The maximum absolute atomic E-state index is 13.1. The number of carboxylic acid groups (broad SMARTS) is 1. The van der Waals surface area contributed by atoms with Crippen LogP contribution in [0.15, 0.2) is 6.07 Å². The molecule has 6 nitrogen and oxygen atoms in total. The average Bonchev–Trinajstić information content (AvgIpc) is 2.16. The molecule has 86 valence electrons. The summed E-state index contributed by atoms with van der Waals surface area (Å²) in [6.07, 6.45) is -3.22. The van der Waals surface area contributed by atoms with E-state index in [-0.39, 0.29) is 6.07 Å². The molecular formula is C7H3F3N2O4. The summed E-state index contributed by atoms with van der Waals surface area (Å²) in [6, 6.07) is 0.201. The fraction of sp³-hybridized carbons (Fsp3) is 0.143. The lowest BCUT2D eigenvalue weighted by Crippen LogP contribution is -2.09. The van der Waals surface area contributed by atoms with Crippen LogP contribution in [0, 0.1) is 15.9 Å². The fourth-order valence-corrected chi connectivity index (χ4v) is 0.922. The molecule has 1 rings (SSSR count). The molecule has 0 amide bonds. The van der Waals surface area contributed by atoms with Gasteiger partial charge in [0.25, 0.3) is 6.43 Å². The van der Waals surface area contributed by atoms with Gasteiger partial charge in [-0.3, -0.25) is 10.1 Å². The highest BCUT2D eigenvalue weighted by Gasteiger charge is 2.27. The van der Waals surface area contributed by atoms with Crippen molar-refractivity contribution in [1.82, 2.24) is 4.98 Å². The Morgan fingerprint density at radius 2 is 2.12 bits per heavy atom. The fourth-order valence-electron chi connectivity index (χ4n) is 0.922. The van der Waals surface area contributed by atoms with Gasteiger partial charge in [-0.15, -0.1) is 0 Å². The van der Waals surface area contributed by atoms with Crippen molar-refractivity contribution in [2.75, 3.05) is 0 Å². The van der Waals surface area contributed by atoms with Crippen molar-refractivity contribution < 1.29 is 28.0 Å². The van der Waals surface area contributed by atoms with E-state index in [0.717, 1.165) is 0 Å². The number of pyridine rings is 1. The van der Waals surface area contributed by atoms with Crippen LogP contribution in [0.4, 0.5) is 18.9 Å². The first-order valence-corrected chi connectivity index (χ1v) is 3.71. The van der Waals surface area contributed by atoms with Gasteiger partial charge in [0.2, 0.25) is 5.82 Å². The van der Waals surface area contributed by atoms with Crippen LogP contribution in [0.25, 0.3) is 0 Å². The van der Waals surface area contributed by atoms with Crippen LogP contribution in [0.1, 0.15) is 22.6 Å². The maximum Gasteiger partial charge on any atom is 0.357 e. The third-order valence-electron chi connectivity index (χ3n) is 1.58. The predicted molar refractivity (Wildman–Crippen MR) is 42.8 cm³/mol. The molecule has 0 fully saturated rings. The van der Waals surface area contributed by atoms with Gasteiger partial charge >= 0.3 is 11.7 Å². The second-order valence-electron chi connectivity index (χ2n) is 2.59. The summed E-state index contributed by atoms with van der Waals surface area (Å²) in [6.45, 7) is 0. The first kappa shape index (κ1) is 11.9. The summed E-state index contributed by atoms with van der Waals surface area (Å²) in [7, 11) is 0. The van der Waals surface area contributed by atoms with Gasteiger partial charge in [-0.1, -0.05) is 0 Å². The van der Waals surface area contributed by atoms with E-state index in [1.54, 1.807) is 0 Å². The van der Waals surface area contributed by atoms with Gasteiger partial charge in [-0.25, -0.2) is 18.6 Å². The molecule has 0 atom stereocenters. The Morgan fingerprint density at radius 1 is 1.56 bits per heavy atom. The van der Waals surface area contributed by atoms with Gasteiger partial charge in [-0.05, 0) is 0 Å². The van der Waals surface area contributed by atoms with Crippen molar-refractivity contribution in [3.05, 3.63) is 33.4 Å². The molecule has 0 unspecified atom stereocenters. The molecule has 9 heteroatoms. The Hall–Kier alpha value is -2.19. The molecule has 0 aromatic carbocycles. The lowest BCUT2D eigenvalue weighted by Gasteiger charge is -2.02. The number of halogens is 3. The molecule has 0 bridgehead atoms. The Labute approximate surface area is 85.5 Å². The standard InChI is InChI=1S/C7H3F3N2O4/c8-4-3(12(15)16)1-2(6(9)10)11-5(4)7(13)14/h1,6H,(H,13,14). The van der Waals surface area contributed by atoms with Crippen molar-refractivity contribution in [2.24, 2.45) is 0 Å². The molecule has 0 aliphatic carbocycles. The van der Waals surface area contributed by atoms with E-state index in [0.29, 0.717) is 0 Å². The van der Waals surface area contributed by atoms with Crippen molar-refractivity contribution in [2.45, 2.75) is 6.43 Å². The molecule has 0 spiro atoms. The number of nitro groups is 1. The van der Waals surface area contributed by atoms with Gasteiger partial charge in [0.1, 0.15) is 5.69 Å². The Morgan fingerprint density at radius 3 is 2.50 bits per heavy atom. The second-order valence-corrected chi connectivity index (χ2v) is 2.59. The molecular weight excluding hydrogens is 233 g/mol. The van der Waals surface area contributed by atoms with Gasteiger partial charge in [-0.2, -0.15) is 4.39 Å². The lowest BCUT2D eigenvalue weighted by molar-refractivity contribution is -0.387. The highest BCUT2D eigenvalue weighted by Crippen LogP contribution is 2.25. The molecule has 0 aliphatic heterocycles. The molecule has 16 heavy (non-hydrogen) atoms. The van der Waals surface area contributed by atoms with Crippen LogP contribution in [0.5, 0.6) is 0 Å². The zero-order chi connectivity index (χ0) is 12.5. The minimum Gasteiger partial charge on any atom is -0.476 e. The summed E-state index contributed by atoms with van der Waals surface area (Å²) in [5.74, 6) is -3.70. The largest absolute Gasteiger partial charge is 0.476 e. The monoisotopic (exact) mass is 236 g/mol. The maximum atomic E-state index is 13.1. The molecule has 0 saturated heterocycles. The number of aromatic carboxylic acids is 1. The molecule has 1 N–H and O–H groups in total.